The van der Waals surface area contributed by atoms with Crippen LogP contribution in [0.25, 0.3) is 28.1 Å². The molecule has 0 saturated heterocycles. The van der Waals surface area contributed by atoms with E-state index in [1.54, 1.807) is 18.2 Å². The number of rotatable bonds is 4. The first kappa shape index (κ1) is 25.6. The van der Waals surface area contributed by atoms with Crippen molar-refractivity contribution >= 4 is 11.6 Å². The van der Waals surface area contributed by atoms with Gasteiger partial charge in [-0.1, -0.05) is 17.7 Å². The molecule has 5 aromatic rings. The predicted octanol–water partition coefficient (Wildman–Crippen LogP) is 5.85. The Balaban J connectivity index is 1.32. The number of benzene rings is 2. The minimum Gasteiger partial charge on any atom is -0.317 e. The van der Waals surface area contributed by atoms with Gasteiger partial charge in [-0.3, -0.25) is 4.79 Å². The number of tetrazole rings is 1. The molecule has 1 N–H and O–H groups in total. The Kier molecular flexibility index (Phi) is 5.49. The van der Waals surface area contributed by atoms with Crippen LogP contribution in [0.1, 0.15) is 41.0 Å². The molecular weight excluding hydrogens is 569 g/mol. The van der Waals surface area contributed by atoms with E-state index in [1.807, 2.05) is 6.07 Å². The van der Waals surface area contributed by atoms with Gasteiger partial charge in [0.05, 0.1) is 17.3 Å². The van der Waals surface area contributed by atoms with Crippen molar-refractivity contribution in [1.29, 1.82) is 0 Å². The van der Waals surface area contributed by atoms with Gasteiger partial charge >= 0.3 is 6.18 Å². The van der Waals surface area contributed by atoms with Gasteiger partial charge < -0.3 is 9.55 Å². The summed E-state index contributed by atoms with van der Waals surface area (Å²) in [5, 5.41) is 11.7. The van der Waals surface area contributed by atoms with E-state index < -0.39 is 46.4 Å². The maximum atomic E-state index is 15.1. The Bertz CT molecular complexity index is 1910. The largest absolute Gasteiger partial charge is 0.419 e. The number of imidazole rings is 1. The average Bonchev–Trinajstić information content (AvgIpc) is 3.21. The normalized spacial score (nSPS) is 19.3. The third kappa shape index (κ3) is 3.97. The van der Waals surface area contributed by atoms with Crippen LogP contribution in [0.15, 0.2) is 53.6 Å². The fourth-order valence-electron chi connectivity index (χ4n) is 5.86. The molecule has 1 aliphatic heterocycles. The Morgan fingerprint density at radius 1 is 1.07 bits per heavy atom. The minimum atomic E-state index is -4.97. The van der Waals surface area contributed by atoms with Crippen molar-refractivity contribution in [2.75, 3.05) is 0 Å². The molecule has 7 rings (SSSR count). The Morgan fingerprint density at radius 2 is 1.88 bits per heavy atom. The number of pyridine rings is 1. The lowest BCUT2D eigenvalue weighted by Crippen LogP contribution is -2.26. The third-order valence-electron chi connectivity index (χ3n) is 7.71. The summed E-state index contributed by atoms with van der Waals surface area (Å²) in [6.45, 7) is 1.13. The number of aromatic amines is 1. The van der Waals surface area contributed by atoms with E-state index >= 15 is 8.78 Å². The van der Waals surface area contributed by atoms with Gasteiger partial charge in [-0.15, -0.1) is 5.10 Å². The Labute approximate surface area is 232 Å². The van der Waals surface area contributed by atoms with Gasteiger partial charge in [0, 0.05) is 33.8 Å². The predicted molar refractivity (Wildman–Crippen MR) is 137 cm³/mol. The number of fused-ring (bicyclic) bond motifs is 3. The van der Waals surface area contributed by atoms with E-state index in [0.29, 0.717) is 34.0 Å². The molecular formula is C27H17ClF5N7O. The van der Waals surface area contributed by atoms with Gasteiger partial charge in [-0.05, 0) is 71.1 Å². The molecule has 41 heavy (non-hydrogen) atoms. The van der Waals surface area contributed by atoms with Crippen molar-refractivity contribution in [3.8, 4) is 28.1 Å². The lowest BCUT2D eigenvalue weighted by Gasteiger charge is -2.17. The zero-order valence-electron chi connectivity index (χ0n) is 20.9. The SMILES string of the molecule is Cc1ccc(-c2nc(C3C4CC4c4cc(-c5cc(Cl)ccc5-n5cnnn5)cc(=O)n43)[nH]c2F)c(F)c1C(F)(F)F. The number of aromatic nitrogens is 7. The van der Waals surface area contributed by atoms with E-state index in [-0.39, 0.29) is 23.2 Å². The number of halogens is 6. The first-order valence-corrected chi connectivity index (χ1v) is 12.8. The maximum absolute atomic E-state index is 15.1. The molecule has 3 unspecified atom stereocenters. The number of hydrogen-bond donors (Lipinski definition) is 1. The van der Waals surface area contributed by atoms with Gasteiger partial charge in [0.25, 0.3) is 5.56 Å². The summed E-state index contributed by atoms with van der Waals surface area (Å²) < 4.78 is 73.5. The molecule has 1 aliphatic carbocycles. The topological polar surface area (TPSA) is 94.3 Å². The lowest BCUT2D eigenvalue weighted by molar-refractivity contribution is -0.140. The van der Waals surface area contributed by atoms with Gasteiger partial charge in [0.15, 0.2) is 0 Å². The summed E-state index contributed by atoms with van der Waals surface area (Å²) in [7, 11) is 0. The second kappa shape index (κ2) is 8.80. The molecule has 1 fully saturated rings. The molecule has 208 valence electrons. The summed E-state index contributed by atoms with van der Waals surface area (Å²) in [5.41, 5.74) is -0.900. The molecule has 8 nitrogen and oxygen atoms in total. The van der Waals surface area contributed by atoms with Gasteiger partial charge in [-0.25, -0.2) is 9.37 Å². The maximum Gasteiger partial charge on any atom is 0.419 e. The number of alkyl halides is 3. The first-order valence-electron chi connectivity index (χ1n) is 12.4. The van der Waals surface area contributed by atoms with Crippen LogP contribution in [0.2, 0.25) is 5.02 Å². The Hall–Kier alpha value is -4.39. The molecule has 3 aromatic heterocycles. The number of nitrogens with one attached hydrogen (secondary N) is 1. The van der Waals surface area contributed by atoms with Gasteiger partial charge in [0.2, 0.25) is 5.95 Å². The van der Waals surface area contributed by atoms with E-state index in [9.17, 15) is 18.0 Å². The third-order valence-corrected chi connectivity index (χ3v) is 7.95. The van der Waals surface area contributed by atoms with Crippen LogP contribution < -0.4 is 5.56 Å². The zero-order valence-corrected chi connectivity index (χ0v) is 21.7. The molecule has 0 amide bonds. The summed E-state index contributed by atoms with van der Waals surface area (Å²) in [6.07, 6.45) is -2.86. The number of H-pyrrole nitrogens is 1. The molecule has 2 aliphatic rings. The standard InChI is InChI=1S/C27H17ClF5N7O/c1-11-2-4-14(22(29)21(11)27(31,32)33)23-25(30)36-26(35-23)24-17-9-16(17)19-6-12(7-20(41)40(19)24)15-8-13(28)3-5-18(15)39-10-34-37-38-39/h2-8,10,16-17,24H,9H2,1H3,(H,35,36). The van der Waals surface area contributed by atoms with Crippen LogP contribution in [0.3, 0.4) is 0 Å². The highest BCUT2D eigenvalue weighted by Crippen LogP contribution is 2.60. The van der Waals surface area contributed by atoms with Gasteiger partial charge in [0.1, 0.15) is 23.7 Å². The van der Waals surface area contributed by atoms with Crippen LogP contribution in [0, 0.1) is 24.6 Å². The smallest absolute Gasteiger partial charge is 0.317 e. The van der Waals surface area contributed by atoms with Crippen molar-refractivity contribution in [2.24, 2.45) is 5.92 Å². The highest BCUT2D eigenvalue weighted by molar-refractivity contribution is 6.31. The quantitative estimate of drug-likeness (QED) is 0.267. The van der Waals surface area contributed by atoms with E-state index in [1.165, 1.54) is 21.6 Å². The summed E-state index contributed by atoms with van der Waals surface area (Å²) in [6, 6.07) is 9.79. The second-order valence-corrected chi connectivity index (χ2v) is 10.6. The highest BCUT2D eigenvalue weighted by atomic mass is 35.5. The van der Waals surface area contributed by atoms with Crippen molar-refractivity contribution < 1.29 is 22.0 Å². The van der Waals surface area contributed by atoms with Crippen LogP contribution in [0.5, 0.6) is 0 Å². The molecule has 0 bridgehead atoms. The number of hydrogen-bond acceptors (Lipinski definition) is 5. The fraction of sp³-hybridized carbons (Fsp3) is 0.222. The summed E-state index contributed by atoms with van der Waals surface area (Å²) in [5.74, 6) is -2.77. The molecule has 3 atom stereocenters. The number of aryl methyl sites for hydroxylation is 1. The van der Waals surface area contributed by atoms with Crippen LogP contribution in [-0.2, 0) is 6.18 Å². The molecule has 0 spiro atoms. The fourth-order valence-corrected chi connectivity index (χ4v) is 6.03. The molecule has 14 heteroatoms. The van der Waals surface area contributed by atoms with Crippen LogP contribution in [-0.4, -0.2) is 34.7 Å². The van der Waals surface area contributed by atoms with Crippen molar-refractivity contribution in [3.63, 3.8) is 0 Å². The van der Waals surface area contributed by atoms with Crippen molar-refractivity contribution in [3.05, 3.63) is 98.6 Å². The van der Waals surface area contributed by atoms with Crippen LogP contribution >= 0.6 is 11.6 Å². The van der Waals surface area contributed by atoms with E-state index in [0.717, 1.165) is 19.1 Å². The molecule has 2 aromatic carbocycles. The zero-order chi connectivity index (χ0) is 28.8. The molecule has 4 heterocycles. The van der Waals surface area contributed by atoms with E-state index in [2.05, 4.69) is 25.5 Å². The highest BCUT2D eigenvalue weighted by Gasteiger charge is 2.54. The molecule has 0 radical (unpaired) electrons. The number of nitrogens with zero attached hydrogens (tertiary/aromatic N) is 6. The van der Waals surface area contributed by atoms with Crippen molar-refractivity contribution in [1.82, 2.24) is 34.7 Å². The monoisotopic (exact) mass is 585 g/mol. The van der Waals surface area contributed by atoms with Gasteiger partial charge in [-0.2, -0.15) is 22.2 Å². The average molecular weight is 586 g/mol. The first-order chi connectivity index (χ1) is 19.5. The van der Waals surface area contributed by atoms with Crippen molar-refractivity contribution in [2.45, 2.75) is 31.5 Å². The summed E-state index contributed by atoms with van der Waals surface area (Å²) in [4.78, 5) is 20.2. The molecule has 1 saturated carbocycles. The lowest BCUT2D eigenvalue weighted by atomic mass is 10.0. The second-order valence-electron chi connectivity index (χ2n) is 10.1. The summed E-state index contributed by atoms with van der Waals surface area (Å²) >= 11 is 6.27. The van der Waals surface area contributed by atoms with Crippen LogP contribution in [0.4, 0.5) is 22.0 Å². The van der Waals surface area contributed by atoms with E-state index in [4.69, 9.17) is 11.6 Å². The Morgan fingerprint density at radius 3 is 2.61 bits per heavy atom. The minimum absolute atomic E-state index is 0.0205.